The van der Waals surface area contributed by atoms with Gasteiger partial charge < -0.3 is 14.7 Å². The van der Waals surface area contributed by atoms with Crippen molar-refractivity contribution >= 4 is 5.82 Å². The third kappa shape index (κ3) is 2.42. The molecule has 1 aromatic rings. The first-order chi connectivity index (χ1) is 8.04. The van der Waals surface area contributed by atoms with Crippen molar-refractivity contribution in [1.82, 2.24) is 4.98 Å². The van der Waals surface area contributed by atoms with E-state index < -0.39 is 0 Å². The highest BCUT2D eigenvalue weighted by Gasteiger charge is 2.32. The standard InChI is InChI=1S/C13H20N2O2/c1-10-6-11(8-16)7-14-12(10)15-4-5-17-9-13(15,2)3/h6-7,16H,4-5,8-9H2,1-3H3. The number of morpholine rings is 1. The van der Waals surface area contributed by atoms with E-state index in [1.165, 1.54) is 0 Å². The van der Waals surface area contributed by atoms with Gasteiger partial charge in [-0.15, -0.1) is 0 Å². The molecule has 4 heteroatoms. The lowest BCUT2D eigenvalue weighted by atomic mass is 10.0. The Kier molecular flexibility index (Phi) is 3.35. The Hall–Kier alpha value is -1.13. The lowest BCUT2D eigenvalue weighted by Crippen LogP contribution is -2.53. The summed E-state index contributed by atoms with van der Waals surface area (Å²) in [6.07, 6.45) is 1.74. The fraction of sp³-hybridized carbons (Fsp3) is 0.615. The van der Waals surface area contributed by atoms with Crippen LogP contribution in [0.4, 0.5) is 5.82 Å². The predicted octanol–water partition coefficient (Wildman–Crippen LogP) is 1.50. The SMILES string of the molecule is Cc1cc(CO)cnc1N1CCOCC1(C)C. The van der Waals surface area contributed by atoms with Gasteiger partial charge in [0.15, 0.2) is 0 Å². The summed E-state index contributed by atoms with van der Waals surface area (Å²) in [5.41, 5.74) is 1.93. The molecule has 2 heterocycles. The molecule has 17 heavy (non-hydrogen) atoms. The summed E-state index contributed by atoms with van der Waals surface area (Å²) in [5.74, 6) is 0.996. The second-order valence-electron chi connectivity index (χ2n) is 5.16. The number of rotatable bonds is 2. The quantitative estimate of drug-likeness (QED) is 0.845. The maximum Gasteiger partial charge on any atom is 0.132 e. The first-order valence-electron chi connectivity index (χ1n) is 5.96. The van der Waals surface area contributed by atoms with Gasteiger partial charge in [0, 0.05) is 12.7 Å². The van der Waals surface area contributed by atoms with E-state index in [1.807, 2.05) is 13.0 Å². The molecule has 0 spiro atoms. The normalized spacial score (nSPS) is 19.4. The molecule has 0 unspecified atom stereocenters. The lowest BCUT2D eigenvalue weighted by Gasteiger charge is -2.43. The molecule has 94 valence electrons. The number of hydrogen-bond acceptors (Lipinski definition) is 4. The number of pyridine rings is 1. The fourth-order valence-corrected chi connectivity index (χ4v) is 2.25. The van der Waals surface area contributed by atoms with Crippen molar-refractivity contribution in [3.8, 4) is 0 Å². The fourth-order valence-electron chi connectivity index (χ4n) is 2.25. The van der Waals surface area contributed by atoms with E-state index in [0.29, 0.717) is 0 Å². The van der Waals surface area contributed by atoms with Gasteiger partial charge >= 0.3 is 0 Å². The maximum absolute atomic E-state index is 9.09. The van der Waals surface area contributed by atoms with Crippen LogP contribution in [0.15, 0.2) is 12.3 Å². The molecular formula is C13H20N2O2. The number of anilines is 1. The summed E-state index contributed by atoms with van der Waals surface area (Å²) in [5, 5.41) is 9.09. The minimum absolute atomic E-state index is 0.0310. The van der Waals surface area contributed by atoms with Crippen molar-refractivity contribution in [2.24, 2.45) is 0 Å². The van der Waals surface area contributed by atoms with E-state index in [4.69, 9.17) is 9.84 Å². The van der Waals surface area contributed by atoms with E-state index in [9.17, 15) is 0 Å². The van der Waals surface area contributed by atoms with Gasteiger partial charge in [-0.05, 0) is 38.0 Å². The van der Waals surface area contributed by atoms with Gasteiger partial charge in [-0.25, -0.2) is 4.98 Å². The molecule has 0 aromatic carbocycles. The number of hydrogen-bond donors (Lipinski definition) is 1. The van der Waals surface area contributed by atoms with E-state index >= 15 is 0 Å². The van der Waals surface area contributed by atoms with Crippen LogP contribution in [0, 0.1) is 6.92 Å². The minimum atomic E-state index is -0.0310. The molecule has 4 nitrogen and oxygen atoms in total. The summed E-state index contributed by atoms with van der Waals surface area (Å²) in [7, 11) is 0. The molecule has 0 radical (unpaired) electrons. The summed E-state index contributed by atoms with van der Waals surface area (Å²) in [6.45, 7) is 8.72. The van der Waals surface area contributed by atoms with Crippen LogP contribution in [0.2, 0.25) is 0 Å². The second kappa shape index (κ2) is 4.63. The average molecular weight is 236 g/mol. The molecular weight excluding hydrogens is 216 g/mol. The molecule has 1 N–H and O–H groups in total. The van der Waals surface area contributed by atoms with Crippen LogP contribution in [-0.4, -0.2) is 35.4 Å². The monoisotopic (exact) mass is 236 g/mol. The predicted molar refractivity (Wildman–Crippen MR) is 67.1 cm³/mol. The van der Waals surface area contributed by atoms with E-state index in [-0.39, 0.29) is 12.1 Å². The Bertz CT molecular complexity index is 404. The van der Waals surface area contributed by atoms with Crippen molar-refractivity contribution in [1.29, 1.82) is 0 Å². The van der Waals surface area contributed by atoms with E-state index in [2.05, 4.69) is 23.7 Å². The van der Waals surface area contributed by atoms with E-state index in [1.54, 1.807) is 6.20 Å². The van der Waals surface area contributed by atoms with Crippen LogP contribution in [-0.2, 0) is 11.3 Å². The smallest absolute Gasteiger partial charge is 0.132 e. The first-order valence-corrected chi connectivity index (χ1v) is 5.96. The summed E-state index contributed by atoms with van der Waals surface area (Å²) in [4.78, 5) is 6.76. The van der Waals surface area contributed by atoms with Gasteiger partial charge in [-0.2, -0.15) is 0 Å². The Balaban J connectivity index is 2.32. The molecule has 0 amide bonds. The lowest BCUT2D eigenvalue weighted by molar-refractivity contribution is 0.0638. The Morgan fingerprint density at radius 2 is 2.29 bits per heavy atom. The van der Waals surface area contributed by atoms with Gasteiger partial charge in [-0.1, -0.05) is 0 Å². The van der Waals surface area contributed by atoms with Gasteiger partial charge in [0.2, 0.25) is 0 Å². The van der Waals surface area contributed by atoms with Crippen LogP contribution in [0.5, 0.6) is 0 Å². The van der Waals surface area contributed by atoms with Crippen LogP contribution in [0.25, 0.3) is 0 Å². The molecule has 1 fully saturated rings. The molecule has 1 saturated heterocycles. The number of aliphatic hydroxyl groups excluding tert-OH is 1. The van der Waals surface area contributed by atoms with Crippen LogP contribution in [0.3, 0.4) is 0 Å². The highest BCUT2D eigenvalue weighted by Crippen LogP contribution is 2.28. The van der Waals surface area contributed by atoms with Gasteiger partial charge in [-0.3, -0.25) is 0 Å². The maximum atomic E-state index is 9.09. The van der Waals surface area contributed by atoms with Crippen molar-refractivity contribution in [2.45, 2.75) is 32.9 Å². The molecule has 0 bridgehead atoms. The van der Waals surface area contributed by atoms with Crippen LogP contribution >= 0.6 is 0 Å². The van der Waals surface area contributed by atoms with Crippen LogP contribution in [0.1, 0.15) is 25.0 Å². The van der Waals surface area contributed by atoms with E-state index in [0.717, 1.165) is 36.7 Å². The van der Waals surface area contributed by atoms with Crippen molar-refractivity contribution in [3.63, 3.8) is 0 Å². The topological polar surface area (TPSA) is 45.6 Å². The zero-order valence-electron chi connectivity index (χ0n) is 10.7. The Morgan fingerprint density at radius 1 is 1.53 bits per heavy atom. The summed E-state index contributed by atoms with van der Waals surface area (Å²) >= 11 is 0. The zero-order chi connectivity index (χ0) is 12.5. The third-order valence-corrected chi connectivity index (χ3v) is 3.19. The number of aliphatic hydroxyl groups is 1. The molecule has 0 atom stereocenters. The van der Waals surface area contributed by atoms with Gasteiger partial charge in [0.1, 0.15) is 5.82 Å². The summed E-state index contributed by atoms with van der Waals surface area (Å²) < 4.78 is 5.51. The first kappa shape index (κ1) is 12.3. The van der Waals surface area contributed by atoms with Crippen molar-refractivity contribution < 1.29 is 9.84 Å². The molecule has 1 aliphatic rings. The highest BCUT2D eigenvalue weighted by molar-refractivity contribution is 5.50. The number of aromatic nitrogens is 1. The van der Waals surface area contributed by atoms with Gasteiger partial charge in [0.05, 0.1) is 25.4 Å². The number of nitrogens with zero attached hydrogens (tertiary/aromatic N) is 2. The van der Waals surface area contributed by atoms with Crippen LogP contribution < -0.4 is 4.90 Å². The molecule has 0 aliphatic carbocycles. The number of aryl methyl sites for hydroxylation is 1. The largest absolute Gasteiger partial charge is 0.392 e. The zero-order valence-corrected chi connectivity index (χ0v) is 10.7. The Morgan fingerprint density at radius 3 is 2.88 bits per heavy atom. The minimum Gasteiger partial charge on any atom is -0.392 e. The highest BCUT2D eigenvalue weighted by atomic mass is 16.5. The van der Waals surface area contributed by atoms with Gasteiger partial charge in [0.25, 0.3) is 0 Å². The average Bonchev–Trinajstić information content (AvgIpc) is 2.29. The third-order valence-electron chi connectivity index (χ3n) is 3.19. The Labute approximate surface area is 102 Å². The second-order valence-corrected chi connectivity index (χ2v) is 5.16. The molecule has 1 aromatic heterocycles. The number of ether oxygens (including phenoxy) is 1. The molecule has 0 saturated carbocycles. The molecule has 2 rings (SSSR count). The van der Waals surface area contributed by atoms with Crippen molar-refractivity contribution in [2.75, 3.05) is 24.7 Å². The summed E-state index contributed by atoms with van der Waals surface area (Å²) in [6, 6.07) is 1.99. The van der Waals surface area contributed by atoms with Crippen molar-refractivity contribution in [3.05, 3.63) is 23.4 Å². The molecule has 1 aliphatic heterocycles.